The van der Waals surface area contributed by atoms with Gasteiger partial charge in [-0.25, -0.2) is 8.78 Å². The van der Waals surface area contributed by atoms with E-state index in [-0.39, 0.29) is 22.3 Å². The van der Waals surface area contributed by atoms with Crippen LogP contribution >= 0.6 is 24.0 Å². The Kier molecular flexibility index (Phi) is 5.81. The van der Waals surface area contributed by atoms with Crippen molar-refractivity contribution in [3.63, 3.8) is 0 Å². The highest BCUT2D eigenvalue weighted by molar-refractivity contribution is 7.98. The first-order chi connectivity index (χ1) is 8.45. The zero-order chi connectivity index (χ0) is 13.7. The minimum Gasteiger partial charge on any atom is -0.389 e. The summed E-state index contributed by atoms with van der Waals surface area (Å²) in [6, 6.07) is 2.29. The SMILES string of the molecule is CSCCC(C)Nc1c(F)cc(C(N)=S)cc1F. The van der Waals surface area contributed by atoms with Crippen LogP contribution in [0, 0.1) is 11.6 Å². The van der Waals surface area contributed by atoms with Gasteiger partial charge in [0.15, 0.2) is 0 Å². The van der Waals surface area contributed by atoms with Gasteiger partial charge in [-0.3, -0.25) is 0 Å². The zero-order valence-corrected chi connectivity index (χ0v) is 11.9. The number of nitrogens with two attached hydrogens (primary N) is 1. The monoisotopic (exact) mass is 290 g/mol. The van der Waals surface area contributed by atoms with Crippen molar-refractivity contribution in [3.05, 3.63) is 29.3 Å². The van der Waals surface area contributed by atoms with Gasteiger partial charge in [0.2, 0.25) is 0 Å². The topological polar surface area (TPSA) is 38.0 Å². The molecule has 0 aliphatic carbocycles. The summed E-state index contributed by atoms with van der Waals surface area (Å²) < 4.78 is 27.5. The van der Waals surface area contributed by atoms with Crippen molar-refractivity contribution in [1.82, 2.24) is 0 Å². The third kappa shape index (κ3) is 4.10. The average molecular weight is 290 g/mol. The Morgan fingerprint density at radius 2 is 2.00 bits per heavy atom. The van der Waals surface area contributed by atoms with Gasteiger partial charge in [0.1, 0.15) is 22.3 Å². The summed E-state index contributed by atoms with van der Waals surface area (Å²) in [7, 11) is 0. The van der Waals surface area contributed by atoms with Crippen LogP contribution in [0.3, 0.4) is 0 Å². The van der Waals surface area contributed by atoms with Gasteiger partial charge in [-0.1, -0.05) is 12.2 Å². The van der Waals surface area contributed by atoms with Gasteiger partial charge in [0.05, 0.1) is 0 Å². The van der Waals surface area contributed by atoms with Gasteiger partial charge < -0.3 is 11.1 Å². The molecule has 0 bridgehead atoms. The molecular weight excluding hydrogens is 274 g/mol. The molecule has 1 aromatic rings. The highest BCUT2D eigenvalue weighted by Gasteiger charge is 2.14. The molecule has 0 saturated carbocycles. The Bertz CT molecular complexity index is 415. The molecule has 18 heavy (non-hydrogen) atoms. The maximum Gasteiger partial charge on any atom is 0.150 e. The second-order valence-corrected chi connectivity index (χ2v) is 5.43. The van der Waals surface area contributed by atoms with E-state index in [1.165, 1.54) is 0 Å². The summed E-state index contributed by atoms with van der Waals surface area (Å²) in [6.45, 7) is 1.89. The number of anilines is 1. The van der Waals surface area contributed by atoms with E-state index < -0.39 is 11.6 Å². The predicted molar refractivity (Wildman–Crippen MR) is 78.3 cm³/mol. The number of nitrogens with one attached hydrogen (secondary N) is 1. The molecule has 3 N–H and O–H groups in total. The average Bonchev–Trinajstić information content (AvgIpc) is 2.30. The number of thioether (sulfide) groups is 1. The van der Waals surface area contributed by atoms with E-state index in [0.29, 0.717) is 0 Å². The first-order valence-electron chi connectivity index (χ1n) is 5.50. The van der Waals surface area contributed by atoms with Crippen LogP contribution in [0.2, 0.25) is 0 Å². The Hall–Kier alpha value is -0.880. The third-order valence-electron chi connectivity index (χ3n) is 2.47. The van der Waals surface area contributed by atoms with E-state index >= 15 is 0 Å². The second kappa shape index (κ2) is 6.89. The van der Waals surface area contributed by atoms with Crippen molar-refractivity contribution in [2.45, 2.75) is 19.4 Å². The molecule has 0 spiro atoms. The van der Waals surface area contributed by atoms with Crippen molar-refractivity contribution < 1.29 is 8.78 Å². The number of halogens is 2. The molecule has 2 nitrogen and oxygen atoms in total. The molecule has 0 fully saturated rings. The lowest BCUT2D eigenvalue weighted by atomic mass is 10.1. The standard InChI is InChI=1S/C12H16F2N2S2/c1-7(3-4-18-2)16-11-9(13)5-8(12(15)17)6-10(11)14/h5-7,16H,3-4H2,1-2H3,(H2,15,17). The van der Waals surface area contributed by atoms with Crippen LogP contribution in [0.1, 0.15) is 18.9 Å². The predicted octanol–water partition coefficient (Wildman–Crippen LogP) is 3.15. The molecule has 1 rings (SSSR count). The lowest BCUT2D eigenvalue weighted by molar-refractivity contribution is 0.582. The largest absolute Gasteiger partial charge is 0.389 e. The number of hydrogen-bond donors (Lipinski definition) is 2. The molecule has 1 unspecified atom stereocenters. The quantitative estimate of drug-likeness (QED) is 0.789. The summed E-state index contributed by atoms with van der Waals surface area (Å²) in [5.74, 6) is -0.412. The van der Waals surface area contributed by atoms with E-state index in [1.54, 1.807) is 11.8 Å². The molecule has 100 valence electrons. The number of thiocarbonyl (C=S) groups is 1. The van der Waals surface area contributed by atoms with Crippen molar-refractivity contribution in [2.24, 2.45) is 5.73 Å². The van der Waals surface area contributed by atoms with E-state index in [4.69, 9.17) is 18.0 Å². The Morgan fingerprint density at radius 3 is 2.44 bits per heavy atom. The molecule has 0 saturated heterocycles. The van der Waals surface area contributed by atoms with Crippen molar-refractivity contribution >= 4 is 34.7 Å². The molecule has 0 aliphatic rings. The smallest absolute Gasteiger partial charge is 0.150 e. The minimum absolute atomic E-state index is 0.00266. The molecule has 0 radical (unpaired) electrons. The van der Waals surface area contributed by atoms with Crippen LogP contribution in [-0.2, 0) is 0 Å². The van der Waals surface area contributed by atoms with E-state index in [2.05, 4.69) is 5.32 Å². The third-order valence-corrected chi connectivity index (χ3v) is 3.35. The molecule has 1 aromatic carbocycles. The number of rotatable bonds is 6. The molecular formula is C12H16F2N2S2. The van der Waals surface area contributed by atoms with Crippen LogP contribution in [0.4, 0.5) is 14.5 Å². The summed E-state index contributed by atoms with van der Waals surface area (Å²) in [6.07, 6.45) is 2.82. The van der Waals surface area contributed by atoms with Crippen molar-refractivity contribution in [2.75, 3.05) is 17.3 Å². The fourth-order valence-electron chi connectivity index (χ4n) is 1.47. The van der Waals surface area contributed by atoms with Gasteiger partial charge in [-0.2, -0.15) is 11.8 Å². The number of benzene rings is 1. The lowest BCUT2D eigenvalue weighted by Gasteiger charge is -2.16. The molecule has 1 atom stereocenters. The van der Waals surface area contributed by atoms with Gasteiger partial charge in [0, 0.05) is 11.6 Å². The minimum atomic E-state index is -0.672. The van der Waals surface area contributed by atoms with Crippen LogP contribution in [-0.4, -0.2) is 23.0 Å². The van der Waals surface area contributed by atoms with Crippen LogP contribution in [0.15, 0.2) is 12.1 Å². The van der Waals surface area contributed by atoms with Gasteiger partial charge in [0.25, 0.3) is 0 Å². The molecule has 0 aliphatic heterocycles. The summed E-state index contributed by atoms with van der Waals surface area (Å²) in [4.78, 5) is -0.0187. The van der Waals surface area contributed by atoms with Crippen LogP contribution in [0.5, 0.6) is 0 Å². The van der Waals surface area contributed by atoms with E-state index in [9.17, 15) is 8.78 Å². The second-order valence-electron chi connectivity index (χ2n) is 4.01. The summed E-state index contributed by atoms with van der Waals surface area (Å²) in [5, 5.41) is 2.83. The van der Waals surface area contributed by atoms with Gasteiger partial charge >= 0.3 is 0 Å². The first kappa shape index (κ1) is 15.2. The Balaban J connectivity index is 2.86. The highest BCUT2D eigenvalue weighted by Crippen LogP contribution is 2.22. The summed E-state index contributed by atoms with van der Waals surface area (Å²) in [5.41, 5.74) is 5.42. The maximum absolute atomic E-state index is 13.7. The van der Waals surface area contributed by atoms with Crippen LogP contribution < -0.4 is 11.1 Å². The highest BCUT2D eigenvalue weighted by atomic mass is 32.2. The normalized spacial score (nSPS) is 12.2. The Labute approximate surface area is 115 Å². The molecule has 0 heterocycles. The van der Waals surface area contributed by atoms with Crippen molar-refractivity contribution in [1.29, 1.82) is 0 Å². The fraction of sp³-hybridized carbons (Fsp3) is 0.417. The summed E-state index contributed by atoms with van der Waals surface area (Å²) >= 11 is 6.39. The van der Waals surface area contributed by atoms with Gasteiger partial charge in [-0.15, -0.1) is 0 Å². The molecule has 6 heteroatoms. The fourth-order valence-corrected chi connectivity index (χ4v) is 2.17. The zero-order valence-electron chi connectivity index (χ0n) is 10.3. The molecule has 0 aromatic heterocycles. The van der Waals surface area contributed by atoms with Crippen LogP contribution in [0.25, 0.3) is 0 Å². The van der Waals surface area contributed by atoms with E-state index in [1.807, 2.05) is 13.2 Å². The Morgan fingerprint density at radius 1 is 1.44 bits per heavy atom. The lowest BCUT2D eigenvalue weighted by Crippen LogP contribution is -2.19. The van der Waals surface area contributed by atoms with E-state index in [0.717, 1.165) is 24.3 Å². The number of hydrogen-bond acceptors (Lipinski definition) is 3. The van der Waals surface area contributed by atoms with Crippen molar-refractivity contribution in [3.8, 4) is 0 Å². The molecule has 0 amide bonds. The first-order valence-corrected chi connectivity index (χ1v) is 7.30. The maximum atomic E-state index is 13.7. The van der Waals surface area contributed by atoms with Gasteiger partial charge in [-0.05, 0) is 37.5 Å².